The van der Waals surface area contributed by atoms with Crippen molar-refractivity contribution in [2.24, 2.45) is 5.41 Å². The lowest BCUT2D eigenvalue weighted by Crippen LogP contribution is -2.31. The van der Waals surface area contributed by atoms with E-state index in [1.54, 1.807) is 13.8 Å². The first-order valence-corrected chi connectivity index (χ1v) is 3.71. The molecule has 0 fully saturated rings. The third-order valence-electron chi connectivity index (χ3n) is 1.47. The molecule has 0 atom stereocenters. The van der Waals surface area contributed by atoms with Crippen LogP contribution < -0.4 is 0 Å². The first-order chi connectivity index (χ1) is 4.67. The highest BCUT2D eigenvalue weighted by molar-refractivity contribution is 5.06. The second-order valence-electron chi connectivity index (χ2n) is 4.09. The minimum atomic E-state index is -2.70. The molecule has 0 aromatic heterocycles. The highest BCUT2D eigenvalue weighted by Gasteiger charge is 2.40. The van der Waals surface area contributed by atoms with Crippen molar-refractivity contribution < 1.29 is 8.78 Å². The van der Waals surface area contributed by atoms with E-state index in [2.05, 4.69) is 0 Å². The Kier molecular flexibility index (Phi) is 2.81. The molecule has 11 heavy (non-hydrogen) atoms. The van der Waals surface area contributed by atoms with Crippen LogP contribution in [0.4, 0.5) is 8.78 Å². The van der Waals surface area contributed by atoms with Crippen molar-refractivity contribution >= 4 is 0 Å². The molecule has 0 aromatic rings. The lowest BCUT2D eigenvalue weighted by molar-refractivity contribution is -0.0506. The van der Waals surface area contributed by atoms with E-state index in [1.165, 1.54) is 20.8 Å². The van der Waals surface area contributed by atoms with Crippen LogP contribution in [0.5, 0.6) is 0 Å². The molecule has 0 heterocycles. The van der Waals surface area contributed by atoms with Crippen molar-refractivity contribution in [3.8, 4) is 0 Å². The molecule has 0 saturated heterocycles. The maximum absolute atomic E-state index is 13.1. The average molecular weight is 162 g/mol. The van der Waals surface area contributed by atoms with Gasteiger partial charge in [0.15, 0.2) is 0 Å². The quantitative estimate of drug-likeness (QED) is 0.516. The molecule has 0 aliphatic heterocycles. The normalized spacial score (nSPS) is 13.0. The lowest BCUT2D eigenvalue weighted by atomic mass is 9.87. The molecule has 0 amide bonds. The van der Waals surface area contributed by atoms with E-state index in [9.17, 15) is 8.78 Å². The zero-order chi connectivity index (χ0) is 9.28. The summed E-state index contributed by atoms with van der Waals surface area (Å²) in [6.07, 6.45) is 1.02. The molecule has 0 nitrogen and oxygen atoms in total. The van der Waals surface area contributed by atoms with Gasteiger partial charge in [-0.1, -0.05) is 26.3 Å². The first kappa shape index (κ1) is 10.6. The number of rotatable bonds is 1. The van der Waals surface area contributed by atoms with Gasteiger partial charge in [0.05, 0.1) is 0 Å². The van der Waals surface area contributed by atoms with Crippen LogP contribution >= 0.6 is 0 Å². The molecule has 0 unspecified atom stereocenters. The minimum absolute atomic E-state index is 0.657. The molecule has 0 saturated carbocycles. The molecule has 0 aromatic carbocycles. The molecular formula is C9H16F2. The third-order valence-corrected chi connectivity index (χ3v) is 1.47. The number of halogens is 2. The Hall–Kier alpha value is -0.400. The standard InChI is InChI=1S/C9H16F2/c1-7(2)6-9(10,11)8(3,4)5/h6H,1-5H3. The summed E-state index contributed by atoms with van der Waals surface area (Å²) >= 11 is 0. The van der Waals surface area contributed by atoms with E-state index in [0.717, 1.165) is 6.08 Å². The Morgan fingerprint density at radius 3 is 1.55 bits per heavy atom. The summed E-state index contributed by atoms with van der Waals surface area (Å²) in [5.74, 6) is -2.70. The fourth-order valence-corrected chi connectivity index (χ4v) is 0.579. The molecule has 0 aliphatic rings. The Morgan fingerprint density at radius 1 is 1.09 bits per heavy atom. The molecule has 66 valence electrons. The van der Waals surface area contributed by atoms with Crippen LogP contribution in [0.2, 0.25) is 0 Å². The van der Waals surface area contributed by atoms with E-state index in [0.29, 0.717) is 5.57 Å². The fraction of sp³-hybridized carbons (Fsp3) is 0.778. The highest BCUT2D eigenvalue weighted by Crippen LogP contribution is 2.37. The summed E-state index contributed by atoms with van der Waals surface area (Å²) in [7, 11) is 0. The Bertz CT molecular complexity index is 157. The number of allylic oxidation sites excluding steroid dienone is 2. The van der Waals surface area contributed by atoms with Crippen LogP contribution in [-0.2, 0) is 0 Å². The van der Waals surface area contributed by atoms with Gasteiger partial charge in [0.25, 0.3) is 5.92 Å². The van der Waals surface area contributed by atoms with E-state index < -0.39 is 11.3 Å². The van der Waals surface area contributed by atoms with E-state index in [1.807, 2.05) is 0 Å². The van der Waals surface area contributed by atoms with E-state index in [4.69, 9.17) is 0 Å². The van der Waals surface area contributed by atoms with Gasteiger partial charge in [-0.2, -0.15) is 0 Å². The molecule has 0 aliphatic carbocycles. The highest BCUT2D eigenvalue weighted by atomic mass is 19.3. The molecule has 0 rings (SSSR count). The maximum Gasteiger partial charge on any atom is 0.271 e. The first-order valence-electron chi connectivity index (χ1n) is 3.71. The van der Waals surface area contributed by atoms with Crippen molar-refractivity contribution in [2.75, 3.05) is 0 Å². The molecule has 0 spiro atoms. The number of alkyl halides is 2. The van der Waals surface area contributed by atoms with Crippen LogP contribution in [0.3, 0.4) is 0 Å². The van der Waals surface area contributed by atoms with Gasteiger partial charge in [-0.3, -0.25) is 0 Å². The van der Waals surface area contributed by atoms with Crippen molar-refractivity contribution in [3.63, 3.8) is 0 Å². The molecular weight excluding hydrogens is 146 g/mol. The van der Waals surface area contributed by atoms with Gasteiger partial charge in [-0.25, -0.2) is 8.78 Å². The molecule has 2 heteroatoms. The molecule has 0 radical (unpaired) electrons. The zero-order valence-corrected chi connectivity index (χ0v) is 7.83. The van der Waals surface area contributed by atoms with Gasteiger partial charge in [0.2, 0.25) is 0 Å². The van der Waals surface area contributed by atoms with Gasteiger partial charge in [-0.15, -0.1) is 0 Å². The largest absolute Gasteiger partial charge is 0.271 e. The summed E-state index contributed by atoms with van der Waals surface area (Å²) in [6.45, 7) is 7.96. The predicted molar refractivity (Wildman–Crippen MR) is 43.8 cm³/mol. The topological polar surface area (TPSA) is 0 Å². The van der Waals surface area contributed by atoms with E-state index in [-0.39, 0.29) is 0 Å². The SMILES string of the molecule is CC(C)=CC(F)(F)C(C)(C)C. The molecule has 0 bridgehead atoms. The van der Waals surface area contributed by atoms with Gasteiger partial charge in [0, 0.05) is 5.41 Å². The fourth-order valence-electron chi connectivity index (χ4n) is 0.579. The van der Waals surface area contributed by atoms with E-state index >= 15 is 0 Å². The Morgan fingerprint density at radius 2 is 1.45 bits per heavy atom. The van der Waals surface area contributed by atoms with Crippen LogP contribution in [0.1, 0.15) is 34.6 Å². The van der Waals surface area contributed by atoms with Crippen LogP contribution in [0.15, 0.2) is 11.6 Å². The Balaban J connectivity index is 4.61. The monoisotopic (exact) mass is 162 g/mol. The number of hydrogen-bond acceptors (Lipinski definition) is 0. The predicted octanol–water partition coefficient (Wildman–Crippen LogP) is 3.63. The summed E-state index contributed by atoms with van der Waals surface area (Å²) in [4.78, 5) is 0. The van der Waals surface area contributed by atoms with Crippen molar-refractivity contribution in [2.45, 2.75) is 40.5 Å². The summed E-state index contributed by atoms with van der Waals surface area (Å²) in [5.41, 5.74) is -0.325. The van der Waals surface area contributed by atoms with Crippen molar-refractivity contribution in [3.05, 3.63) is 11.6 Å². The lowest BCUT2D eigenvalue weighted by Gasteiger charge is -2.27. The Labute approximate surface area is 67.3 Å². The third kappa shape index (κ3) is 3.00. The second-order valence-corrected chi connectivity index (χ2v) is 4.09. The maximum atomic E-state index is 13.1. The van der Waals surface area contributed by atoms with Crippen LogP contribution in [-0.4, -0.2) is 5.92 Å². The van der Waals surface area contributed by atoms with Gasteiger partial charge in [-0.05, 0) is 19.9 Å². The van der Waals surface area contributed by atoms with Gasteiger partial charge in [0.1, 0.15) is 0 Å². The summed E-state index contributed by atoms with van der Waals surface area (Å²) in [6, 6.07) is 0. The molecule has 0 N–H and O–H groups in total. The van der Waals surface area contributed by atoms with Gasteiger partial charge < -0.3 is 0 Å². The van der Waals surface area contributed by atoms with Crippen molar-refractivity contribution in [1.82, 2.24) is 0 Å². The smallest absolute Gasteiger partial charge is 0.201 e. The van der Waals surface area contributed by atoms with Crippen LogP contribution in [0.25, 0.3) is 0 Å². The number of hydrogen-bond donors (Lipinski definition) is 0. The average Bonchev–Trinajstić information content (AvgIpc) is 1.56. The van der Waals surface area contributed by atoms with Crippen LogP contribution in [0, 0.1) is 5.41 Å². The minimum Gasteiger partial charge on any atom is -0.201 e. The summed E-state index contributed by atoms with van der Waals surface area (Å²) in [5, 5.41) is 0. The summed E-state index contributed by atoms with van der Waals surface area (Å²) < 4.78 is 26.2. The van der Waals surface area contributed by atoms with Crippen molar-refractivity contribution in [1.29, 1.82) is 0 Å². The second kappa shape index (κ2) is 2.92. The zero-order valence-electron chi connectivity index (χ0n) is 7.83. The van der Waals surface area contributed by atoms with Gasteiger partial charge >= 0.3 is 0 Å².